The number of anilines is 2. The van der Waals surface area contributed by atoms with E-state index in [1.807, 2.05) is 72.4 Å². The summed E-state index contributed by atoms with van der Waals surface area (Å²) in [6.07, 6.45) is 7.35. The first-order valence-corrected chi connectivity index (χ1v) is 14.1. The third-order valence-corrected chi connectivity index (χ3v) is 7.99. The van der Waals surface area contributed by atoms with Gasteiger partial charge in [0.25, 0.3) is 5.91 Å². The van der Waals surface area contributed by atoms with Gasteiger partial charge < -0.3 is 24.9 Å². The van der Waals surface area contributed by atoms with Crippen molar-refractivity contribution >= 4 is 59.5 Å². The van der Waals surface area contributed by atoms with Crippen molar-refractivity contribution in [2.75, 3.05) is 66.2 Å². The van der Waals surface area contributed by atoms with Gasteiger partial charge in [0.15, 0.2) is 5.65 Å². The maximum absolute atomic E-state index is 13.1. The molecule has 3 aromatic rings. The van der Waals surface area contributed by atoms with Gasteiger partial charge in [-0.05, 0) is 95.5 Å². The molecule has 1 fully saturated rings. The summed E-state index contributed by atoms with van der Waals surface area (Å²) in [4.78, 5) is 38.5. The largest absolute Gasteiger partial charge is 0.339 e. The van der Waals surface area contributed by atoms with Gasteiger partial charge >= 0.3 is 0 Å². The third kappa shape index (κ3) is 7.80. The lowest BCUT2D eigenvalue weighted by Gasteiger charge is -2.35. The van der Waals surface area contributed by atoms with Crippen LogP contribution in [0.4, 0.5) is 11.6 Å². The Morgan fingerprint density at radius 2 is 1.74 bits per heavy atom. The normalized spacial score (nSPS) is 16.0. The number of piperidine rings is 1. The Bertz CT molecular complexity index is 1380. The first-order valence-electron chi connectivity index (χ1n) is 14.1. The fourth-order valence-corrected chi connectivity index (χ4v) is 5.40. The summed E-state index contributed by atoms with van der Waals surface area (Å²) in [5.74, 6) is 0.736. The summed E-state index contributed by atoms with van der Waals surface area (Å²) < 4.78 is 1.78. The number of likely N-dealkylation sites (tertiary alicyclic amines) is 1. The molecule has 0 aliphatic carbocycles. The fourth-order valence-electron chi connectivity index (χ4n) is 5.40. The molecule has 10 nitrogen and oxygen atoms in total. The van der Waals surface area contributed by atoms with Crippen molar-refractivity contribution in [3.63, 3.8) is 0 Å². The lowest BCUT2D eigenvalue weighted by Crippen LogP contribution is -2.44. The van der Waals surface area contributed by atoms with Crippen molar-refractivity contribution in [1.82, 2.24) is 34.2 Å². The highest BCUT2D eigenvalue weighted by Gasteiger charge is 2.25. The number of nitrogens with one attached hydrogen (secondary N) is 1. The molecule has 0 unspecified atom stereocenters. The molecule has 228 valence electrons. The number of hydrogen-bond acceptors (Lipinski definition) is 7. The number of hydrogen-bond donors (Lipinski definition) is 1. The number of amides is 2. The van der Waals surface area contributed by atoms with E-state index in [-0.39, 0.29) is 42.7 Å². The third-order valence-electron chi connectivity index (χ3n) is 7.99. The zero-order chi connectivity index (χ0) is 28.2. The van der Waals surface area contributed by atoms with Gasteiger partial charge in [-0.15, -0.1) is 29.9 Å². The number of rotatable bonds is 8. The second-order valence-electron chi connectivity index (χ2n) is 11.2. The molecule has 2 aliphatic heterocycles. The molecule has 42 heavy (non-hydrogen) atoms. The minimum atomic E-state index is 0. The van der Waals surface area contributed by atoms with Crippen LogP contribution in [0.3, 0.4) is 0 Å². The predicted molar refractivity (Wildman–Crippen MR) is 172 cm³/mol. The van der Waals surface area contributed by atoms with E-state index in [0.29, 0.717) is 31.0 Å². The molecule has 0 spiro atoms. The van der Waals surface area contributed by atoms with Gasteiger partial charge in [-0.1, -0.05) is 6.08 Å². The molecule has 2 aromatic heterocycles. The molecule has 12 heteroatoms. The predicted octanol–water partition coefficient (Wildman–Crippen LogP) is 4.05. The maximum atomic E-state index is 13.1. The van der Waals surface area contributed by atoms with Crippen molar-refractivity contribution in [2.24, 2.45) is 0 Å². The molecule has 1 saturated heterocycles. The number of benzene rings is 1. The minimum Gasteiger partial charge on any atom is -0.339 e. The molecular weight excluding hydrogens is 575 g/mol. The first-order chi connectivity index (χ1) is 19.3. The zero-order valence-corrected chi connectivity index (χ0v) is 26.5. The van der Waals surface area contributed by atoms with Crippen LogP contribution in [0.25, 0.3) is 11.2 Å². The number of aromatic nitrogens is 3. The van der Waals surface area contributed by atoms with Gasteiger partial charge in [0.1, 0.15) is 0 Å². The van der Waals surface area contributed by atoms with Crippen LogP contribution in [0.5, 0.6) is 0 Å². The van der Waals surface area contributed by atoms with Gasteiger partial charge in [0, 0.05) is 62.2 Å². The number of nitrogens with zero attached hydrogens (tertiary/aromatic N) is 7. The summed E-state index contributed by atoms with van der Waals surface area (Å²) in [7, 11) is 8.00. The van der Waals surface area contributed by atoms with Crippen LogP contribution in [-0.2, 0) is 4.79 Å². The Balaban J connectivity index is 0.00000242. The number of carbonyl (C=O) groups excluding carboxylic acids is 2. The molecule has 1 N–H and O–H groups in total. The van der Waals surface area contributed by atoms with E-state index in [1.165, 1.54) is 5.57 Å². The molecule has 0 atom stereocenters. The molecule has 2 aliphatic rings. The number of halogens is 2. The molecule has 2 amide bonds. The van der Waals surface area contributed by atoms with E-state index in [0.717, 1.165) is 55.8 Å². The van der Waals surface area contributed by atoms with Crippen molar-refractivity contribution < 1.29 is 9.59 Å². The molecule has 4 heterocycles. The van der Waals surface area contributed by atoms with Gasteiger partial charge in [0.2, 0.25) is 11.9 Å². The van der Waals surface area contributed by atoms with Crippen molar-refractivity contribution in [2.45, 2.75) is 31.7 Å². The van der Waals surface area contributed by atoms with Crippen LogP contribution in [0.1, 0.15) is 41.6 Å². The molecule has 1 aromatic carbocycles. The van der Waals surface area contributed by atoms with Gasteiger partial charge in [-0.2, -0.15) is 4.98 Å². The molecular formula is C30H42Cl2N8O2. The average molecular weight is 618 g/mol. The summed E-state index contributed by atoms with van der Waals surface area (Å²) in [6.45, 7) is 4.11. The number of fused-ring (bicyclic) bond motifs is 1. The van der Waals surface area contributed by atoms with E-state index in [4.69, 9.17) is 4.98 Å². The SMILES string of the molecule is CN(C)CCC(=O)N1CC=C(c2cccn3nc(Nc4ccc(C(=O)N(C)C5CCN(C)CC5)cc4)nc23)CC1.Cl.Cl. The van der Waals surface area contributed by atoms with Crippen molar-refractivity contribution in [3.8, 4) is 0 Å². The molecule has 5 rings (SSSR count). The van der Waals surface area contributed by atoms with E-state index in [2.05, 4.69) is 34.5 Å². The van der Waals surface area contributed by atoms with Crippen LogP contribution in [0, 0.1) is 0 Å². The second-order valence-corrected chi connectivity index (χ2v) is 11.2. The topological polar surface area (TPSA) is 89.3 Å². The number of carbonyl (C=O) groups is 2. The Kier molecular flexibility index (Phi) is 11.8. The minimum absolute atomic E-state index is 0. The van der Waals surface area contributed by atoms with E-state index in [1.54, 1.807) is 4.52 Å². The molecule has 0 saturated carbocycles. The molecule has 0 bridgehead atoms. The van der Waals surface area contributed by atoms with E-state index >= 15 is 0 Å². The average Bonchev–Trinajstić information content (AvgIpc) is 3.38. The van der Waals surface area contributed by atoms with Crippen LogP contribution in [0.15, 0.2) is 48.7 Å². The highest BCUT2D eigenvalue weighted by Crippen LogP contribution is 2.27. The highest BCUT2D eigenvalue weighted by molar-refractivity contribution is 5.94. The maximum Gasteiger partial charge on any atom is 0.253 e. The van der Waals surface area contributed by atoms with Crippen molar-refractivity contribution in [1.29, 1.82) is 0 Å². The van der Waals surface area contributed by atoms with Crippen LogP contribution < -0.4 is 5.32 Å². The van der Waals surface area contributed by atoms with Gasteiger partial charge in [-0.3, -0.25) is 9.59 Å². The van der Waals surface area contributed by atoms with Crippen LogP contribution in [-0.4, -0.2) is 113 Å². The van der Waals surface area contributed by atoms with Crippen molar-refractivity contribution in [3.05, 3.63) is 59.8 Å². The standard InChI is InChI=1S/C30H40N8O2.2ClH/c1-34(2)17-15-27(39)37-20-11-22(12-21-37)26-6-5-16-38-28(26)32-30(33-38)31-24-9-7-23(8-10-24)29(40)36(4)25-13-18-35(3)19-14-25;;/h5-11,16,25H,12-15,17-21H2,1-4H3,(H,31,33);2*1H. The lowest BCUT2D eigenvalue weighted by atomic mass is 10.0. The fraction of sp³-hybridized carbons (Fsp3) is 0.467. The van der Waals surface area contributed by atoms with Gasteiger partial charge in [-0.25, -0.2) is 4.52 Å². The Labute approximate surface area is 260 Å². The lowest BCUT2D eigenvalue weighted by molar-refractivity contribution is -0.131. The summed E-state index contributed by atoms with van der Waals surface area (Å²) >= 11 is 0. The van der Waals surface area contributed by atoms with E-state index < -0.39 is 0 Å². The molecule has 0 radical (unpaired) electrons. The summed E-state index contributed by atoms with van der Waals surface area (Å²) in [5.41, 5.74) is 4.48. The monoisotopic (exact) mass is 616 g/mol. The van der Waals surface area contributed by atoms with Gasteiger partial charge in [0.05, 0.1) is 0 Å². The smallest absolute Gasteiger partial charge is 0.253 e. The first kappa shape index (κ1) is 33.3. The second kappa shape index (κ2) is 14.8. The Morgan fingerprint density at radius 1 is 1.02 bits per heavy atom. The number of pyridine rings is 1. The highest BCUT2D eigenvalue weighted by atomic mass is 35.5. The quantitative estimate of drug-likeness (QED) is 0.408. The van der Waals surface area contributed by atoms with Crippen LogP contribution >= 0.6 is 24.8 Å². The van der Waals surface area contributed by atoms with E-state index in [9.17, 15) is 9.59 Å². The summed E-state index contributed by atoms with van der Waals surface area (Å²) in [6, 6.07) is 11.8. The van der Waals surface area contributed by atoms with Crippen LogP contribution in [0.2, 0.25) is 0 Å². The zero-order valence-electron chi connectivity index (χ0n) is 24.8. The Hall–Kier alpha value is -3.18. The summed E-state index contributed by atoms with van der Waals surface area (Å²) in [5, 5.41) is 7.90. The Morgan fingerprint density at radius 3 is 2.38 bits per heavy atom.